The number of rotatable bonds is 3. The number of benzene rings is 1. The molecule has 4 aliphatic carbocycles. The smallest absolute Gasteiger partial charge is 0.337 e. The molecule has 4 fully saturated rings. The van der Waals surface area contributed by atoms with Gasteiger partial charge in [0.15, 0.2) is 0 Å². The van der Waals surface area contributed by atoms with E-state index >= 15 is 0 Å². The maximum Gasteiger partial charge on any atom is 0.337 e. The van der Waals surface area contributed by atoms with Gasteiger partial charge in [-0.25, -0.2) is 4.79 Å². The van der Waals surface area contributed by atoms with Crippen molar-refractivity contribution in [3.8, 4) is 0 Å². The van der Waals surface area contributed by atoms with E-state index in [2.05, 4.69) is 15.4 Å². The first-order chi connectivity index (χ1) is 12.5. The van der Waals surface area contributed by atoms with Crippen LogP contribution in [0, 0.1) is 17.8 Å². The van der Waals surface area contributed by atoms with Crippen molar-refractivity contribution in [3.05, 3.63) is 29.8 Å². The molecular formula is C20H24N2O4. The molecular weight excluding hydrogens is 332 g/mol. The Hall–Kier alpha value is -2.37. The summed E-state index contributed by atoms with van der Waals surface area (Å²) in [5, 5.41) is 5.66. The van der Waals surface area contributed by atoms with Gasteiger partial charge in [0.1, 0.15) is 0 Å². The number of esters is 1. The van der Waals surface area contributed by atoms with Crippen LogP contribution in [0.5, 0.6) is 0 Å². The van der Waals surface area contributed by atoms with E-state index in [1.807, 2.05) is 0 Å². The standard InChI is InChI=1S/C20H24N2O4/c1-26-19(25)15-2-4-16(5-3-15)21-17(23)18(24)22-20-9-12-6-13(10-20)8-14(7-12)11-20/h2-5,12-14H,6-11H2,1H3,(H,21,23)(H,22,24). The molecule has 4 saturated carbocycles. The first kappa shape index (κ1) is 17.1. The predicted molar refractivity (Wildman–Crippen MR) is 95.5 cm³/mol. The molecule has 4 aliphatic rings. The van der Waals surface area contributed by atoms with Crippen LogP contribution in [0.2, 0.25) is 0 Å². The Balaban J connectivity index is 1.38. The van der Waals surface area contributed by atoms with Crippen LogP contribution in [0.3, 0.4) is 0 Å². The van der Waals surface area contributed by atoms with Gasteiger partial charge in [-0.3, -0.25) is 9.59 Å². The van der Waals surface area contributed by atoms with Gasteiger partial charge in [0, 0.05) is 11.2 Å². The molecule has 4 bridgehead atoms. The lowest BCUT2D eigenvalue weighted by Crippen LogP contribution is -2.61. The minimum atomic E-state index is -0.661. The van der Waals surface area contributed by atoms with Gasteiger partial charge < -0.3 is 15.4 Å². The number of carbonyl (C=O) groups is 3. The fourth-order valence-corrected chi connectivity index (χ4v) is 5.56. The van der Waals surface area contributed by atoms with Crippen LogP contribution < -0.4 is 10.6 Å². The maximum atomic E-state index is 12.5. The van der Waals surface area contributed by atoms with Crippen molar-refractivity contribution in [1.29, 1.82) is 0 Å². The zero-order valence-electron chi connectivity index (χ0n) is 14.9. The number of ether oxygens (including phenoxy) is 1. The van der Waals surface area contributed by atoms with Crippen molar-refractivity contribution in [2.24, 2.45) is 17.8 Å². The highest BCUT2D eigenvalue weighted by atomic mass is 16.5. The topological polar surface area (TPSA) is 84.5 Å². The molecule has 1 aromatic rings. The second-order valence-corrected chi connectivity index (χ2v) is 8.18. The van der Waals surface area contributed by atoms with Gasteiger partial charge in [-0.15, -0.1) is 0 Å². The van der Waals surface area contributed by atoms with Crippen LogP contribution in [0.15, 0.2) is 24.3 Å². The zero-order chi connectivity index (χ0) is 18.3. The quantitative estimate of drug-likeness (QED) is 0.644. The first-order valence-corrected chi connectivity index (χ1v) is 9.28. The number of amides is 2. The maximum absolute atomic E-state index is 12.5. The van der Waals surface area contributed by atoms with E-state index in [4.69, 9.17) is 0 Å². The van der Waals surface area contributed by atoms with E-state index in [1.54, 1.807) is 24.3 Å². The summed E-state index contributed by atoms with van der Waals surface area (Å²) in [6.07, 6.45) is 6.87. The molecule has 6 nitrogen and oxygen atoms in total. The van der Waals surface area contributed by atoms with Crippen molar-refractivity contribution >= 4 is 23.5 Å². The van der Waals surface area contributed by atoms with Gasteiger partial charge in [0.05, 0.1) is 12.7 Å². The summed E-state index contributed by atoms with van der Waals surface area (Å²) >= 11 is 0. The van der Waals surface area contributed by atoms with E-state index in [9.17, 15) is 14.4 Å². The van der Waals surface area contributed by atoms with Crippen LogP contribution in [0.4, 0.5) is 5.69 Å². The van der Waals surface area contributed by atoms with Crippen molar-refractivity contribution in [2.45, 2.75) is 44.1 Å². The van der Waals surface area contributed by atoms with E-state index in [0.29, 0.717) is 29.0 Å². The van der Waals surface area contributed by atoms with Gasteiger partial charge >= 0.3 is 17.8 Å². The van der Waals surface area contributed by atoms with Gasteiger partial charge in [-0.2, -0.15) is 0 Å². The third-order valence-corrected chi connectivity index (χ3v) is 6.19. The molecule has 0 atom stereocenters. The molecule has 0 saturated heterocycles. The van der Waals surface area contributed by atoms with Gasteiger partial charge in [-0.05, 0) is 80.5 Å². The Morgan fingerprint density at radius 3 is 1.96 bits per heavy atom. The highest BCUT2D eigenvalue weighted by Gasteiger charge is 2.51. The molecule has 6 heteroatoms. The van der Waals surface area contributed by atoms with E-state index in [-0.39, 0.29) is 5.54 Å². The lowest BCUT2D eigenvalue weighted by atomic mass is 9.53. The Morgan fingerprint density at radius 1 is 0.923 bits per heavy atom. The highest BCUT2D eigenvalue weighted by Crippen LogP contribution is 2.55. The predicted octanol–water partition coefficient (Wildman–Crippen LogP) is 2.50. The Bertz CT molecular complexity index is 705. The zero-order valence-corrected chi connectivity index (χ0v) is 14.9. The second kappa shape index (κ2) is 6.41. The SMILES string of the molecule is COC(=O)c1ccc(NC(=O)C(=O)NC23CC4CC(CC(C4)C2)C3)cc1. The summed E-state index contributed by atoms with van der Waals surface area (Å²) in [7, 11) is 1.31. The highest BCUT2D eigenvalue weighted by molar-refractivity contribution is 6.39. The first-order valence-electron chi connectivity index (χ1n) is 9.28. The number of hydrogen-bond donors (Lipinski definition) is 2. The van der Waals surface area contributed by atoms with Crippen molar-refractivity contribution in [2.75, 3.05) is 12.4 Å². The molecule has 0 aromatic heterocycles. The summed E-state index contributed by atoms with van der Waals surface area (Å²) in [6, 6.07) is 6.28. The molecule has 0 spiro atoms. The lowest BCUT2D eigenvalue weighted by Gasteiger charge is -2.56. The minimum absolute atomic E-state index is 0.183. The molecule has 1 aromatic carbocycles. The third-order valence-electron chi connectivity index (χ3n) is 6.19. The Labute approximate surface area is 152 Å². The summed E-state index contributed by atoms with van der Waals surface area (Å²) in [6.45, 7) is 0. The van der Waals surface area contributed by atoms with Gasteiger partial charge in [0.25, 0.3) is 0 Å². The van der Waals surface area contributed by atoms with Crippen LogP contribution >= 0.6 is 0 Å². The third kappa shape index (κ3) is 3.20. The van der Waals surface area contributed by atoms with E-state index in [1.165, 1.54) is 26.4 Å². The number of anilines is 1. The van der Waals surface area contributed by atoms with E-state index in [0.717, 1.165) is 19.3 Å². The molecule has 0 unspecified atom stereocenters. The monoisotopic (exact) mass is 356 g/mol. The lowest BCUT2D eigenvalue weighted by molar-refractivity contribution is -0.139. The number of nitrogens with one attached hydrogen (secondary N) is 2. The fraction of sp³-hybridized carbons (Fsp3) is 0.550. The molecule has 5 rings (SSSR count). The number of methoxy groups -OCH3 is 1. The van der Waals surface area contributed by atoms with Crippen LogP contribution in [0.25, 0.3) is 0 Å². The van der Waals surface area contributed by atoms with E-state index < -0.39 is 17.8 Å². The van der Waals surface area contributed by atoms with Crippen LogP contribution in [0.1, 0.15) is 48.9 Å². The van der Waals surface area contributed by atoms with Gasteiger partial charge in [-0.1, -0.05) is 0 Å². The second-order valence-electron chi connectivity index (χ2n) is 8.18. The molecule has 138 valence electrons. The molecule has 2 N–H and O–H groups in total. The number of carbonyl (C=O) groups excluding carboxylic acids is 3. The fourth-order valence-electron chi connectivity index (χ4n) is 5.56. The molecule has 2 amide bonds. The summed E-state index contributed by atoms with van der Waals surface area (Å²) in [5.41, 5.74) is 0.685. The molecule has 0 aliphatic heterocycles. The Morgan fingerprint density at radius 2 is 1.46 bits per heavy atom. The Kier molecular flexibility index (Phi) is 4.21. The summed E-state index contributed by atoms with van der Waals surface area (Å²) in [4.78, 5) is 36.2. The largest absolute Gasteiger partial charge is 0.465 e. The summed E-state index contributed by atoms with van der Waals surface area (Å²) in [5.74, 6) is 0.444. The van der Waals surface area contributed by atoms with Crippen molar-refractivity contribution in [3.63, 3.8) is 0 Å². The average Bonchev–Trinajstić information content (AvgIpc) is 2.60. The average molecular weight is 356 g/mol. The van der Waals surface area contributed by atoms with Crippen molar-refractivity contribution in [1.82, 2.24) is 5.32 Å². The van der Waals surface area contributed by atoms with Gasteiger partial charge in [0.2, 0.25) is 0 Å². The molecule has 0 radical (unpaired) electrons. The normalized spacial score (nSPS) is 31.3. The van der Waals surface area contributed by atoms with Crippen LogP contribution in [-0.2, 0) is 14.3 Å². The molecule has 0 heterocycles. The molecule has 26 heavy (non-hydrogen) atoms. The number of hydrogen-bond acceptors (Lipinski definition) is 4. The summed E-state index contributed by atoms with van der Waals surface area (Å²) < 4.78 is 4.64. The van der Waals surface area contributed by atoms with Crippen molar-refractivity contribution < 1.29 is 19.1 Å². The van der Waals surface area contributed by atoms with Crippen LogP contribution in [-0.4, -0.2) is 30.4 Å². The minimum Gasteiger partial charge on any atom is -0.465 e.